The molecule has 0 bridgehead atoms. The van der Waals surface area contributed by atoms with Crippen molar-refractivity contribution in [2.24, 2.45) is 0 Å². The molecule has 2 heterocycles. The van der Waals surface area contributed by atoms with Crippen LogP contribution in [0.15, 0.2) is 77.5 Å². The predicted molar refractivity (Wildman–Crippen MR) is 127 cm³/mol. The normalized spacial score (nSPS) is 11.6. The van der Waals surface area contributed by atoms with Crippen molar-refractivity contribution in [3.8, 4) is 11.3 Å². The van der Waals surface area contributed by atoms with Crippen molar-refractivity contribution in [2.75, 3.05) is 5.32 Å². The predicted octanol–water partition coefficient (Wildman–Crippen LogP) is 5.16. The fourth-order valence-corrected chi connectivity index (χ4v) is 4.43. The Morgan fingerprint density at radius 3 is 2.55 bits per heavy atom. The van der Waals surface area contributed by atoms with Gasteiger partial charge < -0.3 is 10.6 Å². The fraction of sp³-hybridized carbons (Fsp3) is 0.125. The first-order chi connectivity index (χ1) is 15.1. The van der Waals surface area contributed by atoms with Gasteiger partial charge in [0.25, 0.3) is 5.91 Å². The van der Waals surface area contributed by atoms with Gasteiger partial charge in [0.15, 0.2) is 0 Å². The fourth-order valence-electron chi connectivity index (χ4n) is 3.18. The largest absolute Gasteiger partial charge is 0.339 e. The highest BCUT2D eigenvalue weighted by molar-refractivity contribution is 7.12. The molecule has 7 heteroatoms. The van der Waals surface area contributed by atoms with Gasteiger partial charge >= 0.3 is 0 Å². The molecule has 5 nitrogen and oxygen atoms in total. The highest BCUT2D eigenvalue weighted by Gasteiger charge is 2.22. The smallest absolute Gasteiger partial charge is 0.262 e. The van der Waals surface area contributed by atoms with Gasteiger partial charge in [0, 0.05) is 23.1 Å². The summed E-state index contributed by atoms with van der Waals surface area (Å²) in [6.45, 7) is 1.96. The Hall–Kier alpha value is -3.29. The van der Waals surface area contributed by atoms with Crippen molar-refractivity contribution < 1.29 is 9.59 Å². The van der Waals surface area contributed by atoms with E-state index >= 15 is 0 Å². The summed E-state index contributed by atoms with van der Waals surface area (Å²) in [6, 6.07) is 20.1. The van der Waals surface area contributed by atoms with Crippen LogP contribution in [0, 0.1) is 6.92 Å². The maximum absolute atomic E-state index is 13.1. The summed E-state index contributed by atoms with van der Waals surface area (Å²) < 4.78 is 0. The molecule has 0 aliphatic heterocycles. The molecule has 0 aliphatic rings. The summed E-state index contributed by atoms with van der Waals surface area (Å²) in [6.07, 6.45) is 0.398. The van der Waals surface area contributed by atoms with Gasteiger partial charge in [0.2, 0.25) is 5.91 Å². The Balaban J connectivity index is 1.53. The third-order valence-electron chi connectivity index (χ3n) is 4.69. The van der Waals surface area contributed by atoms with Gasteiger partial charge in [-0.2, -0.15) is 0 Å². The minimum Gasteiger partial charge on any atom is -0.339 e. The number of aryl methyl sites for hydroxylation is 1. The van der Waals surface area contributed by atoms with Crippen LogP contribution in [0.1, 0.15) is 20.2 Å². The van der Waals surface area contributed by atoms with Crippen LogP contribution in [0.5, 0.6) is 0 Å². The lowest BCUT2D eigenvalue weighted by Crippen LogP contribution is -2.45. The lowest BCUT2D eigenvalue weighted by Gasteiger charge is -2.18. The molecule has 0 fully saturated rings. The first-order valence-corrected chi connectivity index (χ1v) is 11.6. The molecule has 0 saturated heterocycles. The lowest BCUT2D eigenvalue weighted by atomic mass is 10.0. The molecule has 156 valence electrons. The van der Waals surface area contributed by atoms with Crippen LogP contribution in [-0.4, -0.2) is 22.8 Å². The number of benzene rings is 2. The molecule has 2 N–H and O–H groups in total. The molecule has 4 rings (SSSR count). The van der Waals surface area contributed by atoms with Crippen LogP contribution in [-0.2, 0) is 11.2 Å². The Bertz CT molecular complexity index is 1170. The van der Waals surface area contributed by atoms with Crippen LogP contribution in [0.3, 0.4) is 0 Å². The first kappa shape index (κ1) is 21.0. The second-order valence-corrected chi connectivity index (χ2v) is 9.02. The van der Waals surface area contributed by atoms with E-state index in [0.717, 1.165) is 21.8 Å². The quantitative estimate of drug-likeness (QED) is 0.411. The Morgan fingerprint density at radius 1 is 1.00 bits per heavy atom. The molecule has 0 aliphatic carbocycles. The number of rotatable bonds is 7. The third-order valence-corrected chi connectivity index (χ3v) is 6.34. The second-order valence-electron chi connectivity index (χ2n) is 7.01. The van der Waals surface area contributed by atoms with Gasteiger partial charge in [-0.15, -0.1) is 22.7 Å². The third kappa shape index (κ3) is 5.45. The van der Waals surface area contributed by atoms with Gasteiger partial charge in [-0.1, -0.05) is 48.5 Å². The number of nitrogens with one attached hydrogen (secondary N) is 2. The van der Waals surface area contributed by atoms with Gasteiger partial charge in [0.1, 0.15) is 6.04 Å². The summed E-state index contributed by atoms with van der Waals surface area (Å²) >= 11 is 2.93. The first-order valence-electron chi connectivity index (χ1n) is 9.80. The number of thiazole rings is 1. The summed E-state index contributed by atoms with van der Waals surface area (Å²) in [5, 5.41) is 10.7. The number of hydrogen-bond donors (Lipinski definition) is 2. The number of nitrogens with zero attached hydrogens (tertiary/aromatic N) is 1. The summed E-state index contributed by atoms with van der Waals surface area (Å²) in [4.78, 5) is 30.8. The molecule has 31 heavy (non-hydrogen) atoms. The summed E-state index contributed by atoms with van der Waals surface area (Å²) in [5.74, 6) is -0.516. The molecule has 4 aromatic rings. The topological polar surface area (TPSA) is 71.1 Å². The summed E-state index contributed by atoms with van der Waals surface area (Å²) in [7, 11) is 0. The van der Waals surface area contributed by atoms with Crippen LogP contribution in [0.2, 0.25) is 0 Å². The van der Waals surface area contributed by atoms with E-state index in [9.17, 15) is 9.59 Å². The highest BCUT2D eigenvalue weighted by Crippen LogP contribution is 2.24. The monoisotopic (exact) mass is 447 g/mol. The van der Waals surface area contributed by atoms with Gasteiger partial charge in [-0.3, -0.25) is 9.59 Å². The van der Waals surface area contributed by atoms with Crippen LogP contribution in [0.4, 0.5) is 5.69 Å². The molecule has 0 radical (unpaired) electrons. The van der Waals surface area contributed by atoms with Crippen LogP contribution < -0.4 is 10.6 Å². The Labute approximate surface area is 188 Å². The molecule has 1 atom stereocenters. The Morgan fingerprint density at radius 2 is 1.84 bits per heavy atom. The van der Waals surface area contributed by atoms with Crippen molar-refractivity contribution in [1.82, 2.24) is 10.3 Å². The molecule has 0 spiro atoms. The van der Waals surface area contributed by atoms with E-state index < -0.39 is 6.04 Å². The molecule has 0 unspecified atom stereocenters. The number of thiophene rings is 1. The molecular formula is C24H21N3O2S2. The zero-order valence-corrected chi connectivity index (χ0v) is 18.5. The zero-order chi connectivity index (χ0) is 21.6. The molecule has 0 saturated carbocycles. The van der Waals surface area contributed by atoms with E-state index in [0.29, 0.717) is 17.0 Å². The maximum Gasteiger partial charge on any atom is 0.262 e. The number of carbonyl (C=O) groups is 2. The van der Waals surface area contributed by atoms with Crippen molar-refractivity contribution in [3.63, 3.8) is 0 Å². The van der Waals surface area contributed by atoms with Crippen LogP contribution in [0.25, 0.3) is 11.3 Å². The summed E-state index contributed by atoms with van der Waals surface area (Å²) in [5.41, 5.74) is 3.45. The molecule has 2 aromatic heterocycles. The average molecular weight is 448 g/mol. The number of amides is 2. The highest BCUT2D eigenvalue weighted by atomic mass is 32.1. The lowest BCUT2D eigenvalue weighted by molar-refractivity contribution is -0.118. The zero-order valence-electron chi connectivity index (χ0n) is 16.9. The molecule has 2 amide bonds. The minimum absolute atomic E-state index is 0.252. The van der Waals surface area contributed by atoms with Gasteiger partial charge in [-0.05, 0) is 36.1 Å². The number of hydrogen-bond acceptors (Lipinski definition) is 5. The molecular weight excluding hydrogens is 426 g/mol. The van der Waals surface area contributed by atoms with Gasteiger partial charge in [0.05, 0.1) is 15.6 Å². The van der Waals surface area contributed by atoms with Gasteiger partial charge in [-0.25, -0.2) is 4.98 Å². The van der Waals surface area contributed by atoms with E-state index in [1.54, 1.807) is 17.4 Å². The van der Waals surface area contributed by atoms with Crippen molar-refractivity contribution in [2.45, 2.75) is 19.4 Å². The number of aromatic nitrogens is 1. The maximum atomic E-state index is 13.1. The molecule has 2 aromatic carbocycles. The van der Waals surface area contributed by atoms with E-state index in [2.05, 4.69) is 15.6 Å². The van der Waals surface area contributed by atoms with Crippen molar-refractivity contribution in [1.29, 1.82) is 0 Å². The van der Waals surface area contributed by atoms with E-state index in [4.69, 9.17) is 0 Å². The standard InChI is InChI=1S/C24H21N3O2S2/c1-16-25-21(15-31-16)18-9-5-10-19(14-18)26-23(28)20(13-17-7-3-2-4-8-17)27-24(29)22-11-6-12-30-22/h2-12,14-15,20H,13H2,1H3,(H,26,28)(H,27,29)/t20-/m0/s1. The van der Waals surface area contributed by atoms with Crippen molar-refractivity contribution >= 4 is 40.2 Å². The number of anilines is 1. The minimum atomic E-state index is -0.706. The van der Waals surface area contributed by atoms with Crippen molar-refractivity contribution in [3.05, 3.63) is 92.9 Å². The SMILES string of the molecule is Cc1nc(-c2cccc(NC(=O)[C@H](Cc3ccccc3)NC(=O)c3cccs3)c2)cs1. The Kier molecular flexibility index (Phi) is 6.54. The number of carbonyl (C=O) groups excluding carboxylic acids is 2. The van der Waals surface area contributed by atoms with E-state index in [1.165, 1.54) is 11.3 Å². The second kappa shape index (κ2) is 9.68. The van der Waals surface area contributed by atoms with E-state index in [1.807, 2.05) is 78.3 Å². The average Bonchev–Trinajstić information content (AvgIpc) is 3.46. The van der Waals surface area contributed by atoms with E-state index in [-0.39, 0.29) is 11.8 Å². The van der Waals surface area contributed by atoms with Crippen LogP contribution >= 0.6 is 22.7 Å².